The number of thiophene rings is 1. The average Bonchev–Trinajstić information content (AvgIpc) is 2.87. The highest BCUT2D eigenvalue weighted by atomic mass is 32.1. The van der Waals surface area contributed by atoms with E-state index < -0.39 is 0 Å². The first kappa shape index (κ1) is 16.9. The maximum atomic E-state index is 11.9. The summed E-state index contributed by atoms with van der Waals surface area (Å²) in [6.07, 6.45) is 0.561. The van der Waals surface area contributed by atoms with Gasteiger partial charge in [-0.1, -0.05) is 13.8 Å². The average molecular weight is 296 g/mol. The molecule has 1 rings (SSSR count). The van der Waals surface area contributed by atoms with E-state index in [4.69, 9.17) is 0 Å². The van der Waals surface area contributed by atoms with E-state index in [1.165, 1.54) is 11.3 Å². The first-order valence-electron chi connectivity index (χ1n) is 7.15. The fourth-order valence-corrected chi connectivity index (χ4v) is 2.75. The van der Waals surface area contributed by atoms with Crippen LogP contribution in [0.15, 0.2) is 12.1 Å². The fraction of sp³-hybridized carbons (Fsp3) is 0.600. The van der Waals surface area contributed by atoms with Crippen LogP contribution in [0.4, 0.5) is 0 Å². The van der Waals surface area contributed by atoms with Crippen molar-refractivity contribution in [3.05, 3.63) is 21.9 Å². The fourth-order valence-electron chi connectivity index (χ4n) is 1.92. The Balaban J connectivity index is 2.21. The second-order valence-corrected chi connectivity index (χ2v) is 6.00. The zero-order valence-corrected chi connectivity index (χ0v) is 13.4. The Hall–Kier alpha value is -1.20. The number of hydrogen-bond donors (Lipinski definition) is 1. The molecule has 112 valence electrons. The van der Waals surface area contributed by atoms with Gasteiger partial charge in [0, 0.05) is 30.8 Å². The van der Waals surface area contributed by atoms with Crippen molar-refractivity contribution >= 4 is 23.0 Å². The molecule has 0 atom stereocenters. The summed E-state index contributed by atoms with van der Waals surface area (Å²) in [4.78, 5) is 27.6. The van der Waals surface area contributed by atoms with Crippen LogP contribution in [0.1, 0.15) is 41.2 Å². The van der Waals surface area contributed by atoms with Gasteiger partial charge in [0.1, 0.15) is 0 Å². The molecule has 5 heteroatoms. The van der Waals surface area contributed by atoms with E-state index in [-0.39, 0.29) is 24.5 Å². The predicted molar refractivity (Wildman–Crippen MR) is 83.4 cm³/mol. The number of nitrogens with zero attached hydrogens (tertiary/aromatic N) is 1. The van der Waals surface area contributed by atoms with Crippen LogP contribution in [0.5, 0.6) is 0 Å². The van der Waals surface area contributed by atoms with E-state index in [0.717, 1.165) is 29.4 Å². The molecule has 1 N–H and O–H groups in total. The number of carbonyl (C=O) groups is 2. The van der Waals surface area contributed by atoms with Crippen LogP contribution < -0.4 is 5.32 Å². The molecule has 0 bridgehead atoms. The summed E-state index contributed by atoms with van der Waals surface area (Å²) in [5, 5.41) is 2.86. The maximum absolute atomic E-state index is 11.9. The first-order chi connectivity index (χ1) is 9.56. The zero-order chi connectivity index (χ0) is 15.0. The molecule has 0 fully saturated rings. The van der Waals surface area contributed by atoms with Crippen molar-refractivity contribution in [2.24, 2.45) is 0 Å². The Labute approximate surface area is 125 Å². The van der Waals surface area contributed by atoms with Crippen LogP contribution in [0.25, 0.3) is 0 Å². The van der Waals surface area contributed by atoms with Gasteiger partial charge in [0.25, 0.3) is 0 Å². The second-order valence-electron chi connectivity index (χ2n) is 4.71. The lowest BCUT2D eigenvalue weighted by Gasteiger charge is -2.17. The van der Waals surface area contributed by atoms with Crippen molar-refractivity contribution in [2.45, 2.75) is 33.6 Å². The molecule has 20 heavy (non-hydrogen) atoms. The Morgan fingerprint density at radius 1 is 1.20 bits per heavy atom. The summed E-state index contributed by atoms with van der Waals surface area (Å²) < 4.78 is 0. The van der Waals surface area contributed by atoms with E-state index in [2.05, 4.69) is 24.1 Å². The molecule has 0 aliphatic rings. The van der Waals surface area contributed by atoms with Gasteiger partial charge in [0.2, 0.25) is 5.91 Å². The summed E-state index contributed by atoms with van der Waals surface area (Å²) in [7, 11) is 0. The molecule has 0 aliphatic carbocycles. The van der Waals surface area contributed by atoms with E-state index in [1.54, 1.807) is 0 Å². The lowest BCUT2D eigenvalue weighted by atomic mass is 10.2. The number of aryl methyl sites for hydroxylation is 1. The summed E-state index contributed by atoms with van der Waals surface area (Å²) in [6.45, 7) is 9.66. The van der Waals surface area contributed by atoms with Crippen LogP contribution in [-0.2, 0) is 4.79 Å². The number of ketones is 1. The predicted octanol–water partition coefficient (Wildman–Crippen LogP) is 2.48. The molecule has 1 aromatic rings. The van der Waals surface area contributed by atoms with E-state index in [9.17, 15) is 9.59 Å². The molecule has 0 radical (unpaired) electrons. The lowest BCUT2D eigenvalue weighted by molar-refractivity contribution is -0.121. The highest BCUT2D eigenvalue weighted by Crippen LogP contribution is 2.17. The van der Waals surface area contributed by atoms with Gasteiger partial charge in [0.15, 0.2) is 5.78 Å². The van der Waals surface area contributed by atoms with Gasteiger partial charge >= 0.3 is 0 Å². The minimum atomic E-state index is -0.0428. The molecule has 0 aromatic carbocycles. The molecule has 1 amide bonds. The molecular weight excluding hydrogens is 272 g/mol. The number of amides is 1. The third-order valence-electron chi connectivity index (χ3n) is 3.24. The van der Waals surface area contributed by atoms with Crippen LogP contribution in [0, 0.1) is 6.92 Å². The standard InChI is InChI=1S/C15H24N2O2S/c1-4-17(5-2)11-10-16-15(19)9-7-13(18)14-8-6-12(3)20-14/h6,8H,4-5,7,9-11H2,1-3H3,(H,16,19). The van der Waals surface area contributed by atoms with E-state index >= 15 is 0 Å². The molecule has 0 aliphatic heterocycles. The molecule has 1 aromatic heterocycles. The molecule has 0 saturated heterocycles. The normalized spacial score (nSPS) is 10.8. The van der Waals surface area contributed by atoms with Crippen molar-refractivity contribution in [3.8, 4) is 0 Å². The highest BCUT2D eigenvalue weighted by molar-refractivity contribution is 7.14. The van der Waals surface area contributed by atoms with Gasteiger partial charge in [-0.2, -0.15) is 0 Å². The van der Waals surface area contributed by atoms with Crippen LogP contribution in [0.3, 0.4) is 0 Å². The van der Waals surface area contributed by atoms with Crippen molar-refractivity contribution in [3.63, 3.8) is 0 Å². The number of carbonyl (C=O) groups excluding carboxylic acids is 2. The monoisotopic (exact) mass is 296 g/mol. The summed E-state index contributed by atoms with van der Waals surface area (Å²) in [5.41, 5.74) is 0. The molecule has 4 nitrogen and oxygen atoms in total. The molecule has 0 spiro atoms. The minimum Gasteiger partial charge on any atom is -0.355 e. The summed E-state index contributed by atoms with van der Waals surface area (Å²) in [6, 6.07) is 3.77. The first-order valence-corrected chi connectivity index (χ1v) is 7.97. The van der Waals surface area contributed by atoms with Crippen LogP contribution in [0.2, 0.25) is 0 Å². The molecular formula is C15H24N2O2S. The topological polar surface area (TPSA) is 49.4 Å². The van der Waals surface area contributed by atoms with Gasteiger partial charge in [-0.25, -0.2) is 0 Å². The van der Waals surface area contributed by atoms with Crippen molar-refractivity contribution < 1.29 is 9.59 Å². The highest BCUT2D eigenvalue weighted by Gasteiger charge is 2.11. The van der Waals surface area contributed by atoms with Crippen LogP contribution in [-0.4, -0.2) is 42.8 Å². The largest absolute Gasteiger partial charge is 0.355 e. The Bertz CT molecular complexity index is 439. The van der Waals surface area contributed by atoms with Crippen molar-refractivity contribution in [1.82, 2.24) is 10.2 Å². The summed E-state index contributed by atoms with van der Waals surface area (Å²) in [5.74, 6) is 0.0146. The van der Waals surface area contributed by atoms with Gasteiger partial charge in [-0.3, -0.25) is 9.59 Å². The summed E-state index contributed by atoms with van der Waals surface area (Å²) >= 11 is 1.49. The van der Waals surface area contributed by atoms with E-state index in [0.29, 0.717) is 6.54 Å². The lowest BCUT2D eigenvalue weighted by Crippen LogP contribution is -2.34. The van der Waals surface area contributed by atoms with Gasteiger partial charge in [-0.05, 0) is 32.1 Å². The quantitative estimate of drug-likeness (QED) is 0.712. The molecule has 0 saturated carbocycles. The minimum absolute atomic E-state index is 0.0428. The third kappa shape index (κ3) is 5.84. The number of likely N-dealkylation sites (N-methyl/N-ethyl adjacent to an activating group) is 1. The van der Waals surface area contributed by atoms with Gasteiger partial charge in [-0.15, -0.1) is 11.3 Å². The molecule has 1 heterocycles. The Kier molecular flexibility index (Phi) is 7.47. The molecule has 0 unspecified atom stereocenters. The van der Waals surface area contributed by atoms with Gasteiger partial charge in [0.05, 0.1) is 4.88 Å². The van der Waals surface area contributed by atoms with E-state index in [1.807, 2.05) is 19.1 Å². The Morgan fingerprint density at radius 2 is 1.90 bits per heavy atom. The smallest absolute Gasteiger partial charge is 0.220 e. The SMILES string of the molecule is CCN(CC)CCNC(=O)CCC(=O)c1ccc(C)s1. The number of Topliss-reactive ketones (excluding diaryl/α,β-unsaturated/α-hetero) is 1. The van der Waals surface area contributed by atoms with Crippen LogP contribution >= 0.6 is 11.3 Å². The zero-order valence-electron chi connectivity index (χ0n) is 12.6. The number of rotatable bonds is 9. The second kappa shape index (κ2) is 8.87. The maximum Gasteiger partial charge on any atom is 0.220 e. The van der Waals surface area contributed by atoms with Gasteiger partial charge < -0.3 is 10.2 Å². The number of hydrogen-bond acceptors (Lipinski definition) is 4. The number of nitrogens with one attached hydrogen (secondary N) is 1. The van der Waals surface area contributed by atoms with Crippen molar-refractivity contribution in [2.75, 3.05) is 26.2 Å². The Morgan fingerprint density at radius 3 is 2.45 bits per heavy atom. The third-order valence-corrected chi connectivity index (χ3v) is 4.28. The van der Waals surface area contributed by atoms with Crippen molar-refractivity contribution in [1.29, 1.82) is 0 Å².